The van der Waals surface area contributed by atoms with Crippen LogP contribution in [0.3, 0.4) is 0 Å². The Bertz CT molecular complexity index is 1060. The molecule has 28 heavy (non-hydrogen) atoms. The number of carbonyl (C=O) groups excluding carboxylic acids is 3. The number of imide groups is 1. The lowest BCUT2D eigenvalue weighted by molar-refractivity contribution is -0.0584. The van der Waals surface area contributed by atoms with E-state index in [1.165, 1.54) is 30.5 Å². The van der Waals surface area contributed by atoms with Crippen LogP contribution in [0.5, 0.6) is 11.6 Å². The summed E-state index contributed by atoms with van der Waals surface area (Å²) < 4.78 is 5.54. The number of aromatic nitrogens is 1. The van der Waals surface area contributed by atoms with Gasteiger partial charge in [-0.05, 0) is 30.3 Å². The van der Waals surface area contributed by atoms with Gasteiger partial charge in [0.1, 0.15) is 5.75 Å². The maximum atomic E-state index is 12.3. The first-order valence-electron chi connectivity index (χ1n) is 8.13. The molecule has 1 aliphatic heterocycles. The molecule has 0 spiro atoms. The van der Waals surface area contributed by atoms with Crippen molar-refractivity contribution in [3.05, 3.63) is 88.6 Å². The van der Waals surface area contributed by atoms with E-state index in [0.717, 1.165) is 0 Å². The molecule has 7 nitrogen and oxygen atoms in total. The normalized spacial score (nSPS) is 12.7. The SMILES string of the molecule is O=C(ON1C(=O)c2ccccc2C1=O)c1ccc(Oc2ccccc2Cl)nc1. The zero-order valence-electron chi connectivity index (χ0n) is 14.2. The summed E-state index contributed by atoms with van der Waals surface area (Å²) in [5.74, 6) is -1.66. The van der Waals surface area contributed by atoms with E-state index in [0.29, 0.717) is 15.8 Å². The van der Waals surface area contributed by atoms with Crippen LogP contribution in [0.15, 0.2) is 66.9 Å². The Balaban J connectivity index is 1.47. The highest BCUT2D eigenvalue weighted by Gasteiger charge is 2.38. The zero-order chi connectivity index (χ0) is 19.7. The van der Waals surface area contributed by atoms with Crippen molar-refractivity contribution in [1.82, 2.24) is 10.0 Å². The third-order valence-corrected chi connectivity index (χ3v) is 4.27. The largest absolute Gasteiger partial charge is 0.437 e. The molecule has 0 saturated heterocycles. The van der Waals surface area contributed by atoms with Crippen molar-refractivity contribution in [2.75, 3.05) is 0 Å². The van der Waals surface area contributed by atoms with Crippen LogP contribution in [0, 0.1) is 0 Å². The Labute approximate surface area is 164 Å². The number of hydrogen-bond acceptors (Lipinski definition) is 6. The van der Waals surface area contributed by atoms with E-state index in [4.69, 9.17) is 21.2 Å². The first kappa shape index (κ1) is 17.7. The van der Waals surface area contributed by atoms with Gasteiger partial charge in [0, 0.05) is 12.3 Å². The highest BCUT2D eigenvalue weighted by molar-refractivity contribution is 6.32. The molecule has 2 heterocycles. The van der Waals surface area contributed by atoms with Crippen LogP contribution in [0.1, 0.15) is 31.1 Å². The molecule has 0 bridgehead atoms. The van der Waals surface area contributed by atoms with Crippen molar-refractivity contribution in [3.8, 4) is 11.6 Å². The number of halogens is 1. The minimum Gasteiger partial charge on any atom is -0.437 e. The molecule has 0 aliphatic carbocycles. The summed E-state index contributed by atoms with van der Waals surface area (Å²) in [6.45, 7) is 0. The predicted octanol–water partition coefficient (Wildman–Crippen LogP) is 3.90. The molecule has 0 fully saturated rings. The highest BCUT2D eigenvalue weighted by atomic mass is 35.5. The number of hydroxylamine groups is 2. The van der Waals surface area contributed by atoms with E-state index in [1.807, 2.05) is 0 Å². The van der Waals surface area contributed by atoms with E-state index < -0.39 is 17.8 Å². The second-order valence-corrected chi connectivity index (χ2v) is 6.15. The summed E-state index contributed by atoms with van der Waals surface area (Å²) in [5.41, 5.74) is 0.409. The number of nitrogens with zero attached hydrogens (tertiary/aromatic N) is 2. The van der Waals surface area contributed by atoms with Gasteiger partial charge in [-0.15, -0.1) is 0 Å². The van der Waals surface area contributed by atoms with E-state index in [-0.39, 0.29) is 22.6 Å². The number of amides is 2. The van der Waals surface area contributed by atoms with Gasteiger partial charge in [0.25, 0.3) is 11.8 Å². The number of ether oxygens (including phenoxy) is 1. The van der Waals surface area contributed by atoms with E-state index >= 15 is 0 Å². The zero-order valence-corrected chi connectivity index (χ0v) is 14.9. The minimum atomic E-state index is -0.897. The van der Waals surface area contributed by atoms with Crippen molar-refractivity contribution in [3.63, 3.8) is 0 Å². The number of rotatable bonds is 4. The molecule has 8 heteroatoms. The van der Waals surface area contributed by atoms with Gasteiger partial charge in [0.2, 0.25) is 5.88 Å². The van der Waals surface area contributed by atoms with E-state index in [9.17, 15) is 14.4 Å². The second kappa shape index (κ2) is 7.13. The van der Waals surface area contributed by atoms with Gasteiger partial charge < -0.3 is 9.57 Å². The van der Waals surface area contributed by atoms with Gasteiger partial charge in [-0.1, -0.05) is 40.9 Å². The molecule has 0 N–H and O–H groups in total. The average Bonchev–Trinajstić information content (AvgIpc) is 2.95. The molecule has 1 aliphatic rings. The van der Waals surface area contributed by atoms with Gasteiger partial charge in [0.15, 0.2) is 0 Å². The van der Waals surface area contributed by atoms with Gasteiger partial charge in [0.05, 0.1) is 21.7 Å². The van der Waals surface area contributed by atoms with Crippen molar-refractivity contribution < 1.29 is 24.0 Å². The lowest BCUT2D eigenvalue weighted by Gasteiger charge is -2.12. The maximum absolute atomic E-state index is 12.3. The summed E-state index contributed by atoms with van der Waals surface area (Å²) in [4.78, 5) is 45.8. The fourth-order valence-corrected chi connectivity index (χ4v) is 2.76. The number of para-hydroxylation sites is 1. The van der Waals surface area contributed by atoms with Gasteiger partial charge >= 0.3 is 5.97 Å². The standard InChI is InChI=1S/C20H11ClN2O5/c21-15-7-3-4-8-16(15)27-17-10-9-12(11-22-17)20(26)28-23-18(24)13-5-1-2-6-14(13)19(23)25/h1-11H. The molecule has 2 aromatic carbocycles. The first-order chi connectivity index (χ1) is 13.5. The van der Waals surface area contributed by atoms with Gasteiger partial charge in [-0.25, -0.2) is 9.78 Å². The van der Waals surface area contributed by atoms with E-state index in [1.54, 1.807) is 36.4 Å². The molecule has 0 saturated carbocycles. The summed E-state index contributed by atoms with van der Waals surface area (Å²) >= 11 is 6.02. The van der Waals surface area contributed by atoms with Crippen LogP contribution in [-0.4, -0.2) is 27.8 Å². The molecule has 0 atom stereocenters. The van der Waals surface area contributed by atoms with E-state index in [2.05, 4.69) is 4.98 Å². The van der Waals surface area contributed by atoms with Crippen LogP contribution in [-0.2, 0) is 4.84 Å². The smallest absolute Gasteiger partial charge is 0.365 e. The molecule has 3 aromatic rings. The number of carbonyl (C=O) groups is 3. The molecular formula is C20H11ClN2O5. The molecule has 0 unspecified atom stereocenters. The summed E-state index contributed by atoms with van der Waals surface area (Å²) in [7, 11) is 0. The van der Waals surface area contributed by atoms with Crippen LogP contribution >= 0.6 is 11.6 Å². The fraction of sp³-hybridized carbons (Fsp3) is 0. The molecule has 4 rings (SSSR count). The number of fused-ring (bicyclic) bond motifs is 1. The molecular weight excluding hydrogens is 384 g/mol. The minimum absolute atomic E-state index is 0.0445. The van der Waals surface area contributed by atoms with Gasteiger partial charge in [-0.2, -0.15) is 0 Å². The van der Waals surface area contributed by atoms with Crippen molar-refractivity contribution >= 4 is 29.4 Å². The Morgan fingerprint density at radius 3 is 2.14 bits per heavy atom. The van der Waals surface area contributed by atoms with Crippen LogP contribution in [0.2, 0.25) is 5.02 Å². The Hall–Kier alpha value is -3.71. The topological polar surface area (TPSA) is 85.8 Å². The predicted molar refractivity (Wildman–Crippen MR) is 98.1 cm³/mol. The first-order valence-corrected chi connectivity index (χ1v) is 8.51. The molecule has 2 amide bonds. The van der Waals surface area contributed by atoms with Crippen LogP contribution in [0.25, 0.3) is 0 Å². The molecule has 0 radical (unpaired) electrons. The summed E-state index contributed by atoms with van der Waals surface area (Å²) in [6.07, 6.45) is 1.21. The number of benzene rings is 2. The lowest BCUT2D eigenvalue weighted by Crippen LogP contribution is -2.32. The van der Waals surface area contributed by atoms with Crippen molar-refractivity contribution in [2.24, 2.45) is 0 Å². The summed E-state index contributed by atoms with van der Waals surface area (Å²) in [5, 5.41) is 0.861. The Kier molecular flexibility index (Phi) is 4.50. The third kappa shape index (κ3) is 3.19. The lowest BCUT2D eigenvalue weighted by atomic mass is 10.1. The average molecular weight is 395 g/mol. The third-order valence-electron chi connectivity index (χ3n) is 3.95. The molecule has 138 valence electrons. The van der Waals surface area contributed by atoms with Crippen LogP contribution in [0.4, 0.5) is 0 Å². The summed E-state index contributed by atoms with van der Waals surface area (Å²) in [6, 6.07) is 15.9. The number of pyridine rings is 1. The number of hydrogen-bond donors (Lipinski definition) is 0. The monoisotopic (exact) mass is 394 g/mol. The van der Waals surface area contributed by atoms with Crippen molar-refractivity contribution in [2.45, 2.75) is 0 Å². The maximum Gasteiger partial charge on any atom is 0.365 e. The molecule has 1 aromatic heterocycles. The quantitative estimate of drug-likeness (QED) is 0.624. The van der Waals surface area contributed by atoms with Crippen molar-refractivity contribution in [1.29, 1.82) is 0 Å². The Morgan fingerprint density at radius 1 is 0.893 bits per heavy atom. The van der Waals surface area contributed by atoms with Gasteiger partial charge in [-0.3, -0.25) is 9.59 Å². The highest BCUT2D eigenvalue weighted by Crippen LogP contribution is 2.28. The van der Waals surface area contributed by atoms with Crippen LogP contribution < -0.4 is 4.74 Å². The Morgan fingerprint density at radius 2 is 1.54 bits per heavy atom. The second-order valence-electron chi connectivity index (χ2n) is 5.75. The fourth-order valence-electron chi connectivity index (χ4n) is 2.59.